The van der Waals surface area contributed by atoms with Gasteiger partial charge in [0.25, 0.3) is 0 Å². The molecule has 0 saturated carbocycles. The number of anilines is 2. The van der Waals surface area contributed by atoms with Crippen LogP contribution in [0.15, 0.2) is 12.3 Å². The van der Waals surface area contributed by atoms with Gasteiger partial charge < -0.3 is 5.32 Å². The molecule has 0 spiro atoms. The average Bonchev–Trinajstić information content (AvgIpc) is 2.68. The third-order valence-electron chi connectivity index (χ3n) is 2.95. The molecular formula is C14H21N5. The largest absolute Gasteiger partial charge is 0.321 e. The van der Waals surface area contributed by atoms with Crippen molar-refractivity contribution in [3.63, 3.8) is 0 Å². The quantitative estimate of drug-likeness (QED) is 0.917. The fraction of sp³-hybridized carbons (Fsp3) is 0.500. The lowest BCUT2D eigenvalue weighted by Gasteiger charge is -2.09. The van der Waals surface area contributed by atoms with E-state index in [4.69, 9.17) is 0 Å². The first-order valence-electron chi connectivity index (χ1n) is 6.64. The zero-order valence-electron chi connectivity index (χ0n) is 12.2. The molecule has 1 N–H and O–H groups in total. The zero-order chi connectivity index (χ0) is 14.0. The van der Waals surface area contributed by atoms with E-state index >= 15 is 0 Å². The van der Waals surface area contributed by atoms with E-state index in [9.17, 15) is 0 Å². The highest BCUT2D eigenvalue weighted by molar-refractivity contribution is 5.55. The average molecular weight is 259 g/mol. The van der Waals surface area contributed by atoms with Crippen LogP contribution in [0.4, 0.5) is 11.6 Å². The lowest BCUT2D eigenvalue weighted by Crippen LogP contribution is -2.03. The zero-order valence-corrected chi connectivity index (χ0v) is 12.2. The molecular weight excluding hydrogens is 238 g/mol. The maximum absolute atomic E-state index is 4.55. The molecule has 0 aromatic carbocycles. The summed E-state index contributed by atoms with van der Waals surface area (Å²) in [7, 11) is 1.92. The van der Waals surface area contributed by atoms with Crippen molar-refractivity contribution in [2.75, 3.05) is 5.32 Å². The summed E-state index contributed by atoms with van der Waals surface area (Å²) in [4.78, 5) is 8.99. The van der Waals surface area contributed by atoms with Crippen molar-refractivity contribution >= 4 is 11.6 Å². The Labute approximate surface area is 114 Å². The molecule has 0 aliphatic heterocycles. The molecule has 2 aromatic heterocycles. The van der Waals surface area contributed by atoms with Crippen LogP contribution in [0.1, 0.15) is 43.8 Å². The highest BCUT2D eigenvalue weighted by Crippen LogP contribution is 2.20. The van der Waals surface area contributed by atoms with Crippen LogP contribution in [0, 0.1) is 6.92 Å². The summed E-state index contributed by atoms with van der Waals surface area (Å²) >= 11 is 0. The minimum atomic E-state index is 0.391. The fourth-order valence-electron chi connectivity index (χ4n) is 1.97. The van der Waals surface area contributed by atoms with Gasteiger partial charge in [0.05, 0.1) is 11.4 Å². The molecule has 19 heavy (non-hydrogen) atoms. The van der Waals surface area contributed by atoms with Crippen LogP contribution in [0.25, 0.3) is 0 Å². The SMILES string of the molecule is CCc1nn(C)cc1Nc1nc(C)cc(C(C)C)n1. The third-order valence-corrected chi connectivity index (χ3v) is 2.95. The molecule has 0 aliphatic rings. The fourth-order valence-corrected chi connectivity index (χ4v) is 1.97. The Morgan fingerprint density at radius 2 is 2.05 bits per heavy atom. The molecule has 0 amide bonds. The first kappa shape index (κ1) is 13.5. The minimum Gasteiger partial charge on any atom is -0.321 e. The van der Waals surface area contributed by atoms with Gasteiger partial charge in [0.1, 0.15) is 0 Å². The summed E-state index contributed by atoms with van der Waals surface area (Å²) in [6.45, 7) is 8.34. The molecule has 2 heterocycles. The van der Waals surface area contributed by atoms with E-state index in [0.717, 1.165) is 29.2 Å². The van der Waals surface area contributed by atoms with Crippen LogP contribution in [-0.2, 0) is 13.5 Å². The Morgan fingerprint density at radius 3 is 2.68 bits per heavy atom. The summed E-state index contributed by atoms with van der Waals surface area (Å²) in [6.07, 6.45) is 2.84. The Hall–Kier alpha value is -1.91. The summed E-state index contributed by atoms with van der Waals surface area (Å²) in [5.74, 6) is 1.04. The third kappa shape index (κ3) is 3.10. The molecule has 0 saturated heterocycles. The van der Waals surface area contributed by atoms with Crippen molar-refractivity contribution in [1.29, 1.82) is 0 Å². The van der Waals surface area contributed by atoms with Gasteiger partial charge >= 0.3 is 0 Å². The van der Waals surface area contributed by atoms with Crippen LogP contribution in [0.5, 0.6) is 0 Å². The summed E-state index contributed by atoms with van der Waals surface area (Å²) in [6, 6.07) is 2.03. The first-order chi connectivity index (χ1) is 8.99. The minimum absolute atomic E-state index is 0.391. The Balaban J connectivity index is 2.32. The van der Waals surface area contributed by atoms with E-state index in [2.05, 4.69) is 41.2 Å². The molecule has 0 radical (unpaired) electrons. The van der Waals surface area contributed by atoms with Crippen LogP contribution in [-0.4, -0.2) is 19.7 Å². The van der Waals surface area contributed by atoms with Gasteiger partial charge in [0.2, 0.25) is 5.95 Å². The van der Waals surface area contributed by atoms with Crippen molar-refractivity contribution in [1.82, 2.24) is 19.7 Å². The van der Waals surface area contributed by atoms with Gasteiger partial charge in [-0.1, -0.05) is 20.8 Å². The molecule has 2 aromatic rings. The van der Waals surface area contributed by atoms with Gasteiger partial charge in [0.15, 0.2) is 0 Å². The normalized spacial score (nSPS) is 11.1. The van der Waals surface area contributed by atoms with Crippen molar-refractivity contribution in [3.8, 4) is 0 Å². The second-order valence-corrected chi connectivity index (χ2v) is 5.05. The van der Waals surface area contributed by atoms with Crippen LogP contribution in [0.3, 0.4) is 0 Å². The van der Waals surface area contributed by atoms with Gasteiger partial charge in [0, 0.05) is 24.6 Å². The van der Waals surface area contributed by atoms with Crippen molar-refractivity contribution < 1.29 is 0 Å². The van der Waals surface area contributed by atoms with E-state index in [1.54, 1.807) is 4.68 Å². The van der Waals surface area contributed by atoms with E-state index in [-0.39, 0.29) is 0 Å². The van der Waals surface area contributed by atoms with Gasteiger partial charge in [-0.05, 0) is 25.3 Å². The monoisotopic (exact) mass is 259 g/mol. The summed E-state index contributed by atoms with van der Waals surface area (Å²) < 4.78 is 1.81. The van der Waals surface area contributed by atoms with E-state index < -0.39 is 0 Å². The molecule has 102 valence electrons. The molecule has 0 fully saturated rings. The summed E-state index contributed by atoms with van der Waals surface area (Å²) in [5.41, 5.74) is 4.03. The Bertz CT molecular complexity index is 571. The lowest BCUT2D eigenvalue weighted by molar-refractivity contribution is 0.746. The molecule has 0 atom stereocenters. The standard InChI is InChI=1S/C14H21N5/c1-6-11-13(8-19(5)18-11)17-14-15-10(4)7-12(16-14)9(2)3/h7-9H,6H2,1-5H3,(H,15,16,17). The Kier molecular flexibility index (Phi) is 3.83. The Morgan fingerprint density at radius 1 is 1.32 bits per heavy atom. The molecule has 0 bridgehead atoms. The van der Waals surface area contributed by atoms with Gasteiger partial charge in [-0.25, -0.2) is 9.97 Å². The predicted octanol–water partition coefficient (Wildman–Crippen LogP) is 2.95. The van der Waals surface area contributed by atoms with Crippen molar-refractivity contribution in [3.05, 3.63) is 29.3 Å². The lowest BCUT2D eigenvalue weighted by atomic mass is 10.1. The number of nitrogens with zero attached hydrogens (tertiary/aromatic N) is 4. The van der Waals surface area contributed by atoms with Crippen molar-refractivity contribution in [2.24, 2.45) is 7.05 Å². The second-order valence-electron chi connectivity index (χ2n) is 5.05. The van der Waals surface area contributed by atoms with Gasteiger partial charge in [-0.2, -0.15) is 5.10 Å². The molecule has 0 aliphatic carbocycles. The van der Waals surface area contributed by atoms with Gasteiger partial charge in [-0.3, -0.25) is 4.68 Å². The maximum Gasteiger partial charge on any atom is 0.227 e. The van der Waals surface area contributed by atoms with Gasteiger partial charge in [-0.15, -0.1) is 0 Å². The van der Waals surface area contributed by atoms with E-state index in [1.165, 1.54) is 0 Å². The van der Waals surface area contributed by atoms with E-state index in [0.29, 0.717) is 11.9 Å². The molecule has 0 unspecified atom stereocenters. The molecule has 5 heteroatoms. The highest BCUT2D eigenvalue weighted by Gasteiger charge is 2.10. The topological polar surface area (TPSA) is 55.6 Å². The van der Waals surface area contributed by atoms with E-state index in [1.807, 2.05) is 26.2 Å². The smallest absolute Gasteiger partial charge is 0.227 e. The van der Waals surface area contributed by atoms with Crippen LogP contribution >= 0.6 is 0 Å². The molecule has 5 nitrogen and oxygen atoms in total. The second kappa shape index (κ2) is 5.38. The first-order valence-corrected chi connectivity index (χ1v) is 6.64. The molecule has 2 rings (SSSR count). The number of rotatable bonds is 4. The number of nitrogens with one attached hydrogen (secondary N) is 1. The maximum atomic E-state index is 4.55. The number of aryl methyl sites for hydroxylation is 3. The van der Waals surface area contributed by atoms with Crippen LogP contribution in [0.2, 0.25) is 0 Å². The van der Waals surface area contributed by atoms with Crippen LogP contribution < -0.4 is 5.32 Å². The van der Waals surface area contributed by atoms with Crippen molar-refractivity contribution in [2.45, 2.75) is 40.0 Å². The number of hydrogen-bond acceptors (Lipinski definition) is 4. The predicted molar refractivity (Wildman–Crippen MR) is 76.7 cm³/mol. The number of aromatic nitrogens is 4. The number of hydrogen-bond donors (Lipinski definition) is 1. The summed E-state index contributed by atoms with van der Waals surface area (Å²) in [5, 5.41) is 7.68. The highest BCUT2D eigenvalue weighted by atomic mass is 15.3.